The van der Waals surface area contributed by atoms with Gasteiger partial charge >= 0.3 is 5.97 Å². The van der Waals surface area contributed by atoms with Gasteiger partial charge in [0.05, 0.1) is 11.0 Å². The molecule has 0 aliphatic heterocycles. The minimum absolute atomic E-state index is 0.0726. The number of amides is 1. The number of hydrogen-bond acceptors (Lipinski definition) is 5. The zero-order chi connectivity index (χ0) is 20.5. The molecule has 0 unspecified atom stereocenters. The molecule has 0 heterocycles. The van der Waals surface area contributed by atoms with E-state index in [0.29, 0.717) is 12.0 Å². The third-order valence-electron chi connectivity index (χ3n) is 4.06. The van der Waals surface area contributed by atoms with Gasteiger partial charge in [0.2, 0.25) is 0 Å². The van der Waals surface area contributed by atoms with Crippen molar-refractivity contribution >= 4 is 23.6 Å². The van der Waals surface area contributed by atoms with Crippen molar-refractivity contribution in [3.63, 3.8) is 0 Å². The van der Waals surface area contributed by atoms with Gasteiger partial charge in [0, 0.05) is 18.2 Å². The van der Waals surface area contributed by atoms with Crippen molar-refractivity contribution in [2.75, 3.05) is 6.61 Å². The van der Waals surface area contributed by atoms with Crippen LogP contribution in [0.4, 0.5) is 5.69 Å². The van der Waals surface area contributed by atoms with Crippen LogP contribution >= 0.6 is 0 Å². The summed E-state index contributed by atoms with van der Waals surface area (Å²) in [5, 5.41) is 13.6. The van der Waals surface area contributed by atoms with Crippen LogP contribution in [0.3, 0.4) is 0 Å². The van der Waals surface area contributed by atoms with E-state index in [9.17, 15) is 19.7 Å². The predicted molar refractivity (Wildman–Crippen MR) is 105 cm³/mol. The first-order valence-corrected chi connectivity index (χ1v) is 8.84. The first-order chi connectivity index (χ1) is 13.4. The number of benzene rings is 2. The van der Waals surface area contributed by atoms with Crippen LogP contribution in [0.25, 0.3) is 6.08 Å². The number of nitrogens with one attached hydrogen (secondary N) is 1. The molecule has 0 fully saturated rings. The molecule has 7 nitrogen and oxygen atoms in total. The number of nitro benzene ring substituents is 1. The number of aryl methyl sites for hydroxylation is 1. The SMILES string of the molecule is CC[C@@H](NC(=O)COC(=O)/C=C/c1cccc([N+](=O)[O-])c1)c1ccc(C)cc1. The number of nitro groups is 1. The number of non-ortho nitro benzene ring substituents is 1. The van der Waals surface area contributed by atoms with Crippen LogP contribution in [0.1, 0.15) is 36.1 Å². The molecule has 0 aliphatic rings. The largest absolute Gasteiger partial charge is 0.452 e. The van der Waals surface area contributed by atoms with Gasteiger partial charge in [-0.15, -0.1) is 0 Å². The Morgan fingerprint density at radius 1 is 1.21 bits per heavy atom. The molecule has 7 heteroatoms. The van der Waals surface area contributed by atoms with Crippen LogP contribution in [0, 0.1) is 17.0 Å². The quantitative estimate of drug-likeness (QED) is 0.325. The van der Waals surface area contributed by atoms with Gasteiger partial charge in [0.15, 0.2) is 6.61 Å². The molecule has 1 N–H and O–H groups in total. The second-order valence-corrected chi connectivity index (χ2v) is 6.23. The van der Waals surface area contributed by atoms with Crippen LogP contribution in [0.2, 0.25) is 0 Å². The number of rotatable bonds is 8. The average molecular weight is 382 g/mol. The van der Waals surface area contributed by atoms with Gasteiger partial charge in [0.25, 0.3) is 11.6 Å². The van der Waals surface area contributed by atoms with E-state index in [4.69, 9.17) is 4.74 Å². The van der Waals surface area contributed by atoms with Crippen molar-refractivity contribution in [3.8, 4) is 0 Å². The Balaban J connectivity index is 1.86. The molecule has 0 aromatic heterocycles. The summed E-state index contributed by atoms with van der Waals surface area (Å²) in [6.07, 6.45) is 3.23. The van der Waals surface area contributed by atoms with E-state index in [-0.39, 0.29) is 11.7 Å². The molecule has 0 bridgehead atoms. The van der Waals surface area contributed by atoms with Crippen LogP contribution in [-0.2, 0) is 14.3 Å². The maximum absolute atomic E-state index is 12.1. The van der Waals surface area contributed by atoms with Crippen molar-refractivity contribution in [1.29, 1.82) is 0 Å². The van der Waals surface area contributed by atoms with Crippen molar-refractivity contribution in [3.05, 3.63) is 81.4 Å². The standard InChI is InChI=1S/C21H22N2O5/c1-3-19(17-10-7-15(2)8-11-17)22-20(24)14-28-21(25)12-9-16-5-4-6-18(13-16)23(26)27/h4-13,19H,3,14H2,1-2H3,(H,22,24)/b12-9+/t19-/m1/s1. The molecule has 146 valence electrons. The van der Waals surface area contributed by atoms with Crippen molar-refractivity contribution in [2.24, 2.45) is 0 Å². The molecule has 2 rings (SSSR count). The molecule has 2 aromatic rings. The van der Waals surface area contributed by atoms with E-state index >= 15 is 0 Å². The topological polar surface area (TPSA) is 98.5 Å². The molecule has 1 atom stereocenters. The normalized spacial score (nSPS) is 11.8. The van der Waals surface area contributed by atoms with Gasteiger partial charge < -0.3 is 10.1 Å². The predicted octanol–water partition coefficient (Wildman–Crippen LogP) is 3.73. The highest BCUT2D eigenvalue weighted by atomic mass is 16.6. The Bertz CT molecular complexity index is 875. The fourth-order valence-electron chi connectivity index (χ4n) is 2.55. The first kappa shape index (κ1) is 20.8. The van der Waals surface area contributed by atoms with Crippen LogP contribution in [0.5, 0.6) is 0 Å². The fourth-order valence-corrected chi connectivity index (χ4v) is 2.55. The second kappa shape index (κ2) is 10.0. The lowest BCUT2D eigenvalue weighted by Crippen LogP contribution is -2.32. The minimum atomic E-state index is -0.704. The maximum atomic E-state index is 12.1. The summed E-state index contributed by atoms with van der Waals surface area (Å²) in [5.74, 6) is -1.10. The summed E-state index contributed by atoms with van der Waals surface area (Å²) < 4.78 is 4.93. The molecule has 0 saturated heterocycles. The number of hydrogen-bond donors (Lipinski definition) is 1. The highest BCUT2D eigenvalue weighted by Crippen LogP contribution is 2.17. The molecule has 0 aliphatic carbocycles. The molecule has 2 aromatic carbocycles. The van der Waals surface area contributed by atoms with Crippen LogP contribution < -0.4 is 5.32 Å². The molecule has 28 heavy (non-hydrogen) atoms. The second-order valence-electron chi connectivity index (χ2n) is 6.23. The zero-order valence-electron chi connectivity index (χ0n) is 15.8. The monoisotopic (exact) mass is 382 g/mol. The Hall–Kier alpha value is -3.48. The van der Waals surface area contributed by atoms with E-state index in [2.05, 4.69) is 5.32 Å². The number of esters is 1. The van der Waals surface area contributed by atoms with Crippen molar-refractivity contribution in [2.45, 2.75) is 26.3 Å². The van der Waals surface area contributed by atoms with Gasteiger partial charge in [0.1, 0.15) is 0 Å². The molecule has 0 saturated carbocycles. The van der Waals surface area contributed by atoms with Gasteiger partial charge in [-0.1, -0.05) is 48.9 Å². The highest BCUT2D eigenvalue weighted by molar-refractivity contribution is 5.89. The smallest absolute Gasteiger partial charge is 0.331 e. The molecular formula is C21H22N2O5. The minimum Gasteiger partial charge on any atom is -0.452 e. The van der Waals surface area contributed by atoms with Crippen molar-refractivity contribution in [1.82, 2.24) is 5.32 Å². The van der Waals surface area contributed by atoms with E-state index in [1.165, 1.54) is 24.3 Å². The maximum Gasteiger partial charge on any atom is 0.331 e. The summed E-state index contributed by atoms with van der Waals surface area (Å²) in [7, 11) is 0. The molecular weight excluding hydrogens is 360 g/mol. The van der Waals surface area contributed by atoms with Gasteiger partial charge in [-0.3, -0.25) is 14.9 Å². The van der Waals surface area contributed by atoms with Gasteiger partial charge in [-0.25, -0.2) is 4.79 Å². The first-order valence-electron chi connectivity index (χ1n) is 8.84. The Kier molecular flexibility index (Phi) is 7.45. The van der Waals surface area contributed by atoms with Crippen LogP contribution in [0.15, 0.2) is 54.6 Å². The Morgan fingerprint density at radius 3 is 2.57 bits per heavy atom. The lowest BCUT2D eigenvalue weighted by molar-refractivity contribution is -0.384. The van der Waals surface area contributed by atoms with Crippen LogP contribution in [-0.4, -0.2) is 23.4 Å². The average Bonchev–Trinajstić information content (AvgIpc) is 2.69. The highest BCUT2D eigenvalue weighted by Gasteiger charge is 2.13. The molecule has 0 radical (unpaired) electrons. The number of nitrogens with zero attached hydrogens (tertiary/aromatic N) is 1. The number of ether oxygens (including phenoxy) is 1. The Labute approximate surface area is 163 Å². The summed E-state index contributed by atoms with van der Waals surface area (Å²) in [4.78, 5) is 34.1. The van der Waals surface area contributed by atoms with Crippen molar-refractivity contribution < 1.29 is 19.2 Å². The number of carbonyl (C=O) groups is 2. The lowest BCUT2D eigenvalue weighted by atomic mass is 10.0. The number of carbonyl (C=O) groups excluding carboxylic acids is 2. The molecule has 0 spiro atoms. The molecule has 1 amide bonds. The lowest BCUT2D eigenvalue weighted by Gasteiger charge is -2.17. The fraction of sp³-hybridized carbons (Fsp3) is 0.238. The third-order valence-corrected chi connectivity index (χ3v) is 4.06. The summed E-state index contributed by atoms with van der Waals surface area (Å²) in [5.41, 5.74) is 2.53. The zero-order valence-corrected chi connectivity index (χ0v) is 15.8. The van der Waals surface area contributed by atoms with E-state index in [1.807, 2.05) is 38.1 Å². The van der Waals surface area contributed by atoms with Gasteiger partial charge in [-0.2, -0.15) is 0 Å². The van der Waals surface area contributed by atoms with E-state index in [0.717, 1.165) is 17.2 Å². The van der Waals surface area contributed by atoms with Gasteiger partial charge in [-0.05, 0) is 30.5 Å². The van der Waals surface area contributed by atoms with E-state index in [1.54, 1.807) is 6.07 Å². The third kappa shape index (κ3) is 6.35. The summed E-state index contributed by atoms with van der Waals surface area (Å²) in [6, 6.07) is 13.5. The Morgan fingerprint density at radius 2 is 1.93 bits per heavy atom. The van der Waals surface area contributed by atoms with E-state index < -0.39 is 23.4 Å². The summed E-state index contributed by atoms with van der Waals surface area (Å²) in [6.45, 7) is 3.54. The summed E-state index contributed by atoms with van der Waals surface area (Å²) >= 11 is 0.